The van der Waals surface area contributed by atoms with Crippen molar-refractivity contribution in [3.05, 3.63) is 52.8 Å². The number of anilines is 1. The third-order valence-corrected chi connectivity index (χ3v) is 4.09. The smallest absolute Gasteiger partial charge is 0.153 e. The van der Waals surface area contributed by atoms with Gasteiger partial charge in [0.25, 0.3) is 0 Å². The first-order valence-corrected chi connectivity index (χ1v) is 7.24. The molecule has 0 unspecified atom stereocenters. The Balaban J connectivity index is 2.23. The lowest BCUT2D eigenvalue weighted by Gasteiger charge is -2.23. The van der Waals surface area contributed by atoms with Crippen molar-refractivity contribution in [3.8, 4) is 11.5 Å². The van der Waals surface area contributed by atoms with E-state index in [0.29, 0.717) is 11.4 Å². The number of benzene rings is 2. The van der Waals surface area contributed by atoms with Crippen LogP contribution >= 0.6 is 11.6 Å². The molecule has 0 radical (unpaired) electrons. The highest BCUT2D eigenvalue weighted by Crippen LogP contribution is 2.33. The van der Waals surface area contributed by atoms with Gasteiger partial charge in [-0.15, -0.1) is 0 Å². The maximum atomic E-state index is 13.5. The van der Waals surface area contributed by atoms with Crippen LogP contribution in [-0.2, 0) is 5.41 Å². The van der Waals surface area contributed by atoms with E-state index in [4.69, 9.17) is 22.1 Å². The molecule has 0 aromatic heterocycles. The van der Waals surface area contributed by atoms with E-state index in [1.807, 2.05) is 24.3 Å². The van der Waals surface area contributed by atoms with Gasteiger partial charge in [0.05, 0.1) is 10.7 Å². The number of ether oxygens (including phenoxy) is 1. The van der Waals surface area contributed by atoms with E-state index >= 15 is 0 Å². The van der Waals surface area contributed by atoms with Gasteiger partial charge in [-0.1, -0.05) is 44.5 Å². The van der Waals surface area contributed by atoms with Gasteiger partial charge in [0.15, 0.2) is 5.75 Å². The van der Waals surface area contributed by atoms with Crippen LogP contribution < -0.4 is 10.5 Å². The first-order valence-electron chi connectivity index (χ1n) is 6.86. The molecule has 2 nitrogen and oxygen atoms in total. The molecule has 0 heterocycles. The van der Waals surface area contributed by atoms with Crippen LogP contribution in [0.25, 0.3) is 0 Å². The van der Waals surface area contributed by atoms with Crippen LogP contribution in [0.3, 0.4) is 0 Å². The summed E-state index contributed by atoms with van der Waals surface area (Å²) in [5.74, 6) is 0.322. The van der Waals surface area contributed by atoms with Crippen molar-refractivity contribution in [3.63, 3.8) is 0 Å². The SMILES string of the molecule is CCC(C)(C)c1ccc(Oc2cc(F)c(Cl)cc2N)cc1. The van der Waals surface area contributed by atoms with Crippen LogP contribution in [0.1, 0.15) is 32.8 Å². The van der Waals surface area contributed by atoms with Gasteiger partial charge in [-0.3, -0.25) is 0 Å². The van der Waals surface area contributed by atoms with Crippen molar-refractivity contribution in [1.29, 1.82) is 0 Å². The van der Waals surface area contributed by atoms with E-state index in [1.165, 1.54) is 17.7 Å². The molecule has 2 N–H and O–H groups in total. The zero-order valence-corrected chi connectivity index (χ0v) is 13.2. The molecule has 112 valence electrons. The Bertz CT molecular complexity index is 638. The minimum Gasteiger partial charge on any atom is -0.455 e. The summed E-state index contributed by atoms with van der Waals surface area (Å²) in [6.45, 7) is 6.53. The van der Waals surface area contributed by atoms with Crippen molar-refractivity contribution in [1.82, 2.24) is 0 Å². The number of rotatable bonds is 4. The highest BCUT2D eigenvalue weighted by molar-refractivity contribution is 6.31. The highest BCUT2D eigenvalue weighted by atomic mass is 35.5. The molecule has 0 fully saturated rings. The Morgan fingerprint density at radius 3 is 2.38 bits per heavy atom. The molecule has 0 spiro atoms. The molecule has 0 saturated heterocycles. The van der Waals surface area contributed by atoms with E-state index in [2.05, 4.69) is 20.8 Å². The topological polar surface area (TPSA) is 35.2 Å². The average Bonchev–Trinajstić information content (AvgIpc) is 2.45. The highest BCUT2D eigenvalue weighted by Gasteiger charge is 2.17. The summed E-state index contributed by atoms with van der Waals surface area (Å²) < 4.78 is 19.1. The van der Waals surface area contributed by atoms with Crippen molar-refractivity contribution < 1.29 is 9.13 Å². The summed E-state index contributed by atoms with van der Waals surface area (Å²) in [6.07, 6.45) is 1.04. The molecule has 0 amide bonds. The predicted octanol–water partition coefficient (Wildman–Crippen LogP) is 5.54. The molecule has 0 aliphatic carbocycles. The normalized spacial score (nSPS) is 11.5. The minimum atomic E-state index is -0.551. The van der Waals surface area contributed by atoms with Gasteiger partial charge in [0, 0.05) is 6.07 Å². The van der Waals surface area contributed by atoms with Crippen molar-refractivity contribution in [2.45, 2.75) is 32.6 Å². The summed E-state index contributed by atoms with van der Waals surface area (Å²) in [6, 6.07) is 10.3. The van der Waals surface area contributed by atoms with Crippen molar-refractivity contribution in [2.75, 3.05) is 5.73 Å². The minimum absolute atomic E-state index is 0.0140. The molecular weight excluding hydrogens is 289 g/mol. The molecule has 0 aliphatic heterocycles. The van der Waals surface area contributed by atoms with Gasteiger partial charge in [0.1, 0.15) is 11.6 Å². The second-order valence-corrected chi connectivity index (χ2v) is 6.08. The first kappa shape index (κ1) is 15.6. The van der Waals surface area contributed by atoms with E-state index in [-0.39, 0.29) is 16.2 Å². The number of nitrogen functional groups attached to an aromatic ring is 1. The standard InChI is InChI=1S/C17H19ClFNO/c1-4-17(2,3)11-5-7-12(8-6-11)21-16-10-14(19)13(18)9-15(16)20/h5-10H,4,20H2,1-3H3. The molecule has 0 aliphatic rings. The second kappa shape index (κ2) is 5.94. The number of hydrogen-bond donors (Lipinski definition) is 1. The zero-order valence-electron chi connectivity index (χ0n) is 12.4. The Labute approximate surface area is 129 Å². The molecule has 4 heteroatoms. The second-order valence-electron chi connectivity index (χ2n) is 5.67. The van der Waals surface area contributed by atoms with Gasteiger partial charge in [0.2, 0.25) is 0 Å². The Hall–Kier alpha value is -1.74. The lowest BCUT2D eigenvalue weighted by Crippen LogP contribution is -2.14. The molecule has 0 saturated carbocycles. The fraction of sp³-hybridized carbons (Fsp3) is 0.294. The van der Waals surface area contributed by atoms with E-state index in [1.54, 1.807) is 0 Å². The fourth-order valence-electron chi connectivity index (χ4n) is 1.94. The lowest BCUT2D eigenvalue weighted by atomic mass is 9.82. The van der Waals surface area contributed by atoms with Gasteiger partial charge < -0.3 is 10.5 Å². The fourth-order valence-corrected chi connectivity index (χ4v) is 2.11. The van der Waals surface area contributed by atoms with Crippen molar-refractivity contribution in [2.24, 2.45) is 0 Å². The molecule has 2 rings (SSSR count). The molecule has 0 bridgehead atoms. The molecule has 0 atom stereocenters. The van der Waals surface area contributed by atoms with Crippen LogP contribution in [0, 0.1) is 5.82 Å². The van der Waals surface area contributed by atoms with E-state index < -0.39 is 5.82 Å². The maximum Gasteiger partial charge on any atom is 0.153 e. The van der Waals surface area contributed by atoms with Crippen LogP contribution in [-0.4, -0.2) is 0 Å². The third kappa shape index (κ3) is 3.48. The van der Waals surface area contributed by atoms with Crippen molar-refractivity contribution >= 4 is 17.3 Å². The number of hydrogen-bond acceptors (Lipinski definition) is 2. The predicted molar refractivity (Wildman–Crippen MR) is 85.7 cm³/mol. The summed E-state index contributed by atoms with van der Waals surface area (Å²) in [5.41, 5.74) is 7.43. The van der Waals surface area contributed by atoms with Gasteiger partial charge in [-0.25, -0.2) is 4.39 Å². The van der Waals surface area contributed by atoms with Crippen LogP contribution in [0.5, 0.6) is 11.5 Å². The zero-order chi connectivity index (χ0) is 15.6. The number of halogens is 2. The van der Waals surface area contributed by atoms with E-state index in [0.717, 1.165) is 6.42 Å². The Kier molecular flexibility index (Phi) is 4.43. The van der Waals surface area contributed by atoms with Gasteiger partial charge in [-0.05, 0) is 35.6 Å². The Morgan fingerprint density at radius 2 is 1.81 bits per heavy atom. The van der Waals surface area contributed by atoms with Crippen LogP contribution in [0.2, 0.25) is 5.02 Å². The maximum absolute atomic E-state index is 13.5. The average molecular weight is 308 g/mol. The third-order valence-electron chi connectivity index (χ3n) is 3.80. The summed E-state index contributed by atoms with van der Waals surface area (Å²) in [4.78, 5) is 0. The van der Waals surface area contributed by atoms with Gasteiger partial charge in [-0.2, -0.15) is 0 Å². The monoisotopic (exact) mass is 307 g/mol. The molecule has 21 heavy (non-hydrogen) atoms. The quantitative estimate of drug-likeness (QED) is 0.752. The molecule has 2 aromatic carbocycles. The molecule has 2 aromatic rings. The van der Waals surface area contributed by atoms with Crippen LogP contribution in [0.4, 0.5) is 10.1 Å². The van der Waals surface area contributed by atoms with Crippen LogP contribution in [0.15, 0.2) is 36.4 Å². The Morgan fingerprint density at radius 1 is 1.19 bits per heavy atom. The summed E-state index contributed by atoms with van der Waals surface area (Å²) in [5, 5.41) is -0.0140. The van der Waals surface area contributed by atoms with Gasteiger partial charge >= 0.3 is 0 Å². The summed E-state index contributed by atoms with van der Waals surface area (Å²) >= 11 is 5.67. The lowest BCUT2D eigenvalue weighted by molar-refractivity contribution is 0.475. The first-order chi connectivity index (χ1) is 9.83. The number of nitrogens with two attached hydrogens (primary N) is 1. The largest absolute Gasteiger partial charge is 0.455 e. The van der Waals surface area contributed by atoms with E-state index in [9.17, 15) is 4.39 Å². The molecular formula is C17H19ClFNO. The summed E-state index contributed by atoms with van der Waals surface area (Å²) in [7, 11) is 0.